The molecule has 0 radical (unpaired) electrons. The summed E-state index contributed by atoms with van der Waals surface area (Å²) in [5, 5.41) is 16.4. The van der Waals surface area contributed by atoms with Gasteiger partial charge in [-0.15, -0.1) is 0 Å². The quantitative estimate of drug-likeness (QED) is 0.0651. The molecule has 0 spiro atoms. The lowest BCUT2D eigenvalue weighted by molar-refractivity contribution is -0.136. The Morgan fingerprint density at radius 2 is 1.52 bits per heavy atom. The summed E-state index contributed by atoms with van der Waals surface area (Å²) in [5.74, 6) is -1.91. The van der Waals surface area contributed by atoms with Crippen LogP contribution in [0.1, 0.15) is 64.1 Å². The van der Waals surface area contributed by atoms with Crippen molar-refractivity contribution >= 4 is 67.8 Å². The number of carbonyl (C=O) groups is 4. The molecule has 0 aliphatic carbocycles. The number of piperidine rings is 1. The molecule has 2 aliphatic heterocycles. The third-order valence-corrected chi connectivity index (χ3v) is 11.7. The first kappa shape index (κ1) is 46.5. The number of hydrogen-bond acceptors (Lipinski definition) is 14. The van der Waals surface area contributed by atoms with Crippen molar-refractivity contribution in [3.8, 4) is 22.9 Å². The van der Waals surface area contributed by atoms with Crippen LogP contribution in [0.3, 0.4) is 0 Å². The van der Waals surface area contributed by atoms with Gasteiger partial charge < -0.3 is 24.3 Å². The number of sulfonamides is 1. The average Bonchev–Trinajstić information content (AvgIpc) is 3.52. The lowest BCUT2D eigenvalue weighted by atomic mass is 9.77. The van der Waals surface area contributed by atoms with Crippen LogP contribution in [0.15, 0.2) is 79.0 Å². The normalized spacial score (nSPS) is 15.2. The minimum atomic E-state index is -3.50. The van der Waals surface area contributed by atoms with Crippen LogP contribution in [0, 0.1) is 11.3 Å². The highest BCUT2D eigenvalue weighted by Gasteiger charge is 2.44. The van der Waals surface area contributed by atoms with Gasteiger partial charge in [-0.05, 0) is 71.1 Å². The number of nitrogens with one attached hydrogen (secondary N) is 3. The van der Waals surface area contributed by atoms with Crippen LogP contribution >= 0.6 is 11.6 Å². The lowest BCUT2D eigenvalue weighted by Crippen LogP contribution is -2.54. The molecule has 17 nitrogen and oxygen atoms in total. The Hall–Kier alpha value is -6.49. The maximum Gasteiger partial charge on any atom is 0.262 e. The Morgan fingerprint density at radius 3 is 2.22 bits per heavy atom. The maximum absolute atomic E-state index is 13.0. The van der Waals surface area contributed by atoms with Gasteiger partial charge in [0.05, 0.1) is 73.1 Å². The highest BCUT2D eigenvalue weighted by Crippen LogP contribution is 2.39. The van der Waals surface area contributed by atoms with Crippen LogP contribution in [0.2, 0.25) is 5.02 Å². The van der Waals surface area contributed by atoms with E-state index in [9.17, 15) is 32.9 Å². The van der Waals surface area contributed by atoms with Gasteiger partial charge in [-0.3, -0.25) is 34.1 Å². The van der Waals surface area contributed by atoms with E-state index in [4.69, 9.17) is 30.5 Å². The van der Waals surface area contributed by atoms with E-state index in [0.29, 0.717) is 61.4 Å². The first-order valence-electron chi connectivity index (χ1n) is 20.7. The number of imide groups is 2. The molecule has 1 unspecified atom stereocenters. The van der Waals surface area contributed by atoms with Crippen molar-refractivity contribution in [1.82, 2.24) is 20.2 Å². The Bertz CT molecular complexity index is 2800. The molecule has 3 N–H and O–H groups in total. The molecule has 3 heterocycles. The minimum absolute atomic E-state index is 0.0118. The van der Waals surface area contributed by atoms with Gasteiger partial charge in [-0.2, -0.15) is 5.26 Å². The van der Waals surface area contributed by atoms with E-state index in [1.807, 2.05) is 48.5 Å². The molecule has 0 saturated carbocycles. The fourth-order valence-corrected chi connectivity index (χ4v) is 8.15. The molecule has 2 aliphatic rings. The highest BCUT2D eigenvalue weighted by atomic mass is 35.5. The van der Waals surface area contributed by atoms with Crippen LogP contribution in [-0.2, 0) is 39.2 Å². The van der Waals surface area contributed by atoms with Crippen LogP contribution in [-0.4, -0.2) is 112 Å². The number of nitrogens with zero attached hydrogens (tertiary/aromatic N) is 4. The van der Waals surface area contributed by atoms with Crippen molar-refractivity contribution in [2.24, 2.45) is 0 Å². The van der Waals surface area contributed by atoms with E-state index in [1.54, 1.807) is 30.5 Å². The van der Waals surface area contributed by atoms with Gasteiger partial charge in [0.25, 0.3) is 11.8 Å². The molecule has 19 heteroatoms. The van der Waals surface area contributed by atoms with E-state index < -0.39 is 45.1 Å². The molecule has 1 aromatic heterocycles. The van der Waals surface area contributed by atoms with Crippen molar-refractivity contribution in [2.45, 2.75) is 38.1 Å². The summed E-state index contributed by atoms with van der Waals surface area (Å²) in [6, 6.07) is 23.4. The average molecular weight is 924 g/mol. The number of rotatable bonds is 20. The van der Waals surface area contributed by atoms with Gasteiger partial charge in [0.15, 0.2) is 5.75 Å². The Balaban J connectivity index is 0.793. The van der Waals surface area contributed by atoms with E-state index in [1.165, 1.54) is 0 Å². The minimum Gasteiger partial charge on any atom is -0.488 e. The monoisotopic (exact) mass is 923 g/mol. The zero-order valence-corrected chi connectivity index (χ0v) is 37.4. The molecule has 4 amide bonds. The number of hydrogen-bond donors (Lipinski definition) is 3. The van der Waals surface area contributed by atoms with Crippen molar-refractivity contribution in [1.29, 1.82) is 5.26 Å². The summed E-state index contributed by atoms with van der Waals surface area (Å²) < 4.78 is 48.2. The predicted molar refractivity (Wildman–Crippen MR) is 241 cm³/mol. The molecule has 5 aromatic rings. The number of aromatic nitrogens is 2. The molecule has 0 bridgehead atoms. The number of halogens is 1. The zero-order valence-electron chi connectivity index (χ0n) is 35.8. The lowest BCUT2D eigenvalue weighted by Gasteiger charge is -2.27. The van der Waals surface area contributed by atoms with Crippen molar-refractivity contribution in [3.05, 3.63) is 112 Å². The van der Waals surface area contributed by atoms with Gasteiger partial charge in [-0.1, -0.05) is 55.8 Å². The van der Waals surface area contributed by atoms with Gasteiger partial charge in [0, 0.05) is 35.7 Å². The molecule has 338 valence electrons. The molecule has 1 fully saturated rings. The molecule has 1 saturated heterocycles. The molecule has 1 atom stereocenters. The fraction of sp³-hybridized carbons (Fsp3) is 0.326. The number of anilines is 2. The maximum atomic E-state index is 13.0. The zero-order chi connectivity index (χ0) is 46.3. The van der Waals surface area contributed by atoms with Crippen LogP contribution in [0.4, 0.5) is 11.6 Å². The number of nitriles is 1. The van der Waals surface area contributed by atoms with Crippen molar-refractivity contribution < 1.29 is 46.5 Å². The second-order valence-electron chi connectivity index (χ2n) is 15.8. The van der Waals surface area contributed by atoms with Crippen molar-refractivity contribution in [3.63, 3.8) is 0 Å². The molecule has 65 heavy (non-hydrogen) atoms. The predicted octanol–water partition coefficient (Wildman–Crippen LogP) is 5.46. The van der Waals surface area contributed by atoms with E-state index >= 15 is 0 Å². The topological polar surface area (TPSA) is 228 Å². The Morgan fingerprint density at radius 1 is 0.846 bits per heavy atom. The SMILES string of the molecule is CC(C)(c1ccc(-c2ccc3nc(NS(C)(=O)=O)ncc3c2)cc1)c1cc(Cl)c(OCCOCCOCCOCCNc2ccc3c(c2)C(=O)N(C2CCC(=O)NC2=O)C3=O)c(C#N)c1. The number of ether oxygens (including phenoxy) is 4. The Labute approximate surface area is 380 Å². The van der Waals surface area contributed by atoms with Gasteiger partial charge in [0.1, 0.15) is 18.7 Å². The largest absolute Gasteiger partial charge is 0.488 e. The third-order valence-electron chi connectivity index (χ3n) is 10.9. The third kappa shape index (κ3) is 11.1. The van der Waals surface area contributed by atoms with Crippen LogP contribution in [0.5, 0.6) is 5.75 Å². The number of fused-ring (bicyclic) bond motifs is 2. The van der Waals surface area contributed by atoms with E-state index in [2.05, 4.69) is 45.2 Å². The molecule has 7 rings (SSSR count). The van der Waals surface area contributed by atoms with Gasteiger partial charge >= 0.3 is 0 Å². The van der Waals surface area contributed by atoms with Gasteiger partial charge in [-0.25, -0.2) is 18.4 Å². The Kier molecular flexibility index (Phi) is 14.4. The first-order valence-corrected chi connectivity index (χ1v) is 22.9. The van der Waals surface area contributed by atoms with Crippen LogP contribution < -0.4 is 20.1 Å². The highest BCUT2D eigenvalue weighted by molar-refractivity contribution is 7.92. The number of carbonyl (C=O) groups excluding carboxylic acids is 4. The second-order valence-corrected chi connectivity index (χ2v) is 18.0. The van der Waals surface area contributed by atoms with Crippen LogP contribution in [0.25, 0.3) is 22.0 Å². The fourth-order valence-electron chi connectivity index (χ4n) is 7.45. The summed E-state index contributed by atoms with van der Waals surface area (Å²) in [7, 11) is -3.50. The van der Waals surface area contributed by atoms with E-state index in [0.717, 1.165) is 38.8 Å². The summed E-state index contributed by atoms with van der Waals surface area (Å²) in [5.41, 5.74) is 5.17. The number of benzene rings is 4. The van der Waals surface area contributed by atoms with Crippen molar-refractivity contribution in [2.75, 3.05) is 69.1 Å². The summed E-state index contributed by atoms with van der Waals surface area (Å²) >= 11 is 6.70. The first-order chi connectivity index (χ1) is 31.1. The number of amides is 4. The molecular weight excluding hydrogens is 878 g/mol. The second kappa shape index (κ2) is 20.1. The summed E-state index contributed by atoms with van der Waals surface area (Å²) in [4.78, 5) is 59.1. The molecular formula is C46H46ClN7O10S. The molecule has 4 aromatic carbocycles. The summed E-state index contributed by atoms with van der Waals surface area (Å²) in [6.07, 6.45) is 2.77. The standard InChI is InChI=1S/C46H46ClN7O10S/c1-46(2,32-7-4-28(5-8-32)29-6-11-38-31(22-29)27-50-45(51-38)53-65(3,59)60)33-23-30(26-48)41(37(47)24-33)64-21-20-63-19-18-62-17-16-61-15-14-49-34-9-10-35-36(25-34)44(58)54(43(35)57)39-12-13-40(55)52-42(39)56/h4-11,22-25,27,39,49H,12-21H2,1-3H3,(H,50,51,53)(H,52,55,56). The summed E-state index contributed by atoms with van der Waals surface area (Å²) in [6.45, 7) is 6.64. The van der Waals surface area contributed by atoms with Gasteiger partial charge in [0.2, 0.25) is 27.8 Å². The van der Waals surface area contributed by atoms with E-state index in [-0.39, 0.29) is 48.9 Å². The smallest absolute Gasteiger partial charge is 0.262 e.